The van der Waals surface area contributed by atoms with Crippen LogP contribution in [0.5, 0.6) is 0 Å². The Hall–Kier alpha value is -2.73. The Morgan fingerprint density at radius 2 is 1.83 bits per heavy atom. The molecule has 0 fully saturated rings. The fourth-order valence-electron chi connectivity index (χ4n) is 2.35. The van der Waals surface area contributed by atoms with E-state index in [1.54, 1.807) is 0 Å². The van der Waals surface area contributed by atoms with E-state index >= 15 is 0 Å². The van der Waals surface area contributed by atoms with Crippen LogP contribution in [0.25, 0.3) is 0 Å². The molecule has 2 aromatic carbocycles. The molecule has 0 radical (unpaired) electrons. The lowest BCUT2D eigenvalue weighted by molar-refractivity contribution is -0.143. The van der Waals surface area contributed by atoms with Crippen molar-refractivity contribution >= 4 is 34.9 Å². The number of halogens is 2. The van der Waals surface area contributed by atoms with Crippen molar-refractivity contribution in [3.8, 4) is 0 Å². The summed E-state index contributed by atoms with van der Waals surface area (Å²) < 4.78 is 17.9. The summed E-state index contributed by atoms with van der Waals surface area (Å²) in [7, 11) is 0. The summed E-state index contributed by atoms with van der Waals surface area (Å²) >= 11 is 5.82. The predicted molar refractivity (Wildman–Crippen MR) is 84.3 cm³/mol. The second-order valence-electron chi connectivity index (χ2n) is 5.17. The largest absolute Gasteiger partial charge is 0.459 e. The van der Waals surface area contributed by atoms with Gasteiger partial charge in [-0.1, -0.05) is 23.7 Å². The Labute approximate surface area is 141 Å². The van der Waals surface area contributed by atoms with Gasteiger partial charge in [0.15, 0.2) is 0 Å². The molecule has 1 aliphatic heterocycles. The molecule has 0 spiro atoms. The van der Waals surface area contributed by atoms with E-state index in [1.165, 1.54) is 42.5 Å². The van der Waals surface area contributed by atoms with E-state index in [4.69, 9.17) is 16.3 Å². The molecule has 1 heterocycles. The minimum Gasteiger partial charge on any atom is -0.459 e. The average molecular weight is 348 g/mol. The summed E-state index contributed by atoms with van der Waals surface area (Å²) in [6.07, 6.45) is 0. The molecule has 0 bridgehead atoms. The van der Waals surface area contributed by atoms with Crippen molar-refractivity contribution in [2.45, 2.75) is 6.61 Å². The highest BCUT2D eigenvalue weighted by Crippen LogP contribution is 2.31. The molecule has 0 saturated heterocycles. The number of rotatable bonds is 4. The number of fused-ring (bicyclic) bond motifs is 1. The fourth-order valence-corrected chi connectivity index (χ4v) is 2.52. The number of hydrogen-bond donors (Lipinski definition) is 0. The van der Waals surface area contributed by atoms with Crippen LogP contribution in [0.3, 0.4) is 0 Å². The summed E-state index contributed by atoms with van der Waals surface area (Å²) in [6.45, 7) is -0.442. The van der Waals surface area contributed by atoms with Gasteiger partial charge in [0, 0.05) is 5.02 Å². The monoisotopic (exact) mass is 347 g/mol. The first kappa shape index (κ1) is 16.1. The lowest BCUT2D eigenvalue weighted by Gasteiger charge is -2.15. The minimum absolute atomic E-state index is 0.0530. The maximum atomic E-state index is 12.8. The second kappa shape index (κ2) is 6.41. The maximum Gasteiger partial charge on any atom is 0.326 e. The van der Waals surface area contributed by atoms with Gasteiger partial charge < -0.3 is 4.74 Å². The van der Waals surface area contributed by atoms with Gasteiger partial charge in [0.2, 0.25) is 0 Å². The summed E-state index contributed by atoms with van der Waals surface area (Å²) in [4.78, 5) is 36.9. The number of hydrogen-bond acceptors (Lipinski definition) is 4. The summed E-state index contributed by atoms with van der Waals surface area (Å²) in [5, 5.41) is 0.329. The van der Waals surface area contributed by atoms with Gasteiger partial charge in [0.05, 0.1) is 11.3 Å². The van der Waals surface area contributed by atoms with E-state index < -0.39 is 17.7 Å². The molecule has 24 heavy (non-hydrogen) atoms. The van der Waals surface area contributed by atoms with E-state index in [2.05, 4.69) is 0 Å². The highest BCUT2D eigenvalue weighted by atomic mass is 35.5. The van der Waals surface area contributed by atoms with E-state index in [1.807, 2.05) is 0 Å². The average Bonchev–Trinajstić information content (AvgIpc) is 2.79. The van der Waals surface area contributed by atoms with Crippen molar-refractivity contribution in [3.05, 3.63) is 64.4 Å². The van der Waals surface area contributed by atoms with Crippen LogP contribution in [0.2, 0.25) is 5.02 Å². The standard InChI is InChI=1S/C17H11ClFNO4/c18-11-3-6-14-13(7-11)16(22)17(23)20(14)8-15(21)24-9-10-1-4-12(19)5-2-10/h1-7H,8-9H2. The van der Waals surface area contributed by atoms with Crippen molar-refractivity contribution in [3.63, 3.8) is 0 Å². The summed E-state index contributed by atoms with van der Waals surface area (Å²) in [6, 6.07) is 9.92. The SMILES string of the molecule is O=C(CN1C(=O)C(=O)c2cc(Cl)ccc21)OCc1ccc(F)cc1. The second-order valence-corrected chi connectivity index (χ2v) is 5.61. The van der Waals surface area contributed by atoms with E-state index in [0.29, 0.717) is 16.3 Å². The van der Waals surface area contributed by atoms with Crippen molar-refractivity contribution < 1.29 is 23.5 Å². The molecular weight excluding hydrogens is 337 g/mol. The van der Waals surface area contributed by atoms with Crippen molar-refractivity contribution in [1.82, 2.24) is 0 Å². The van der Waals surface area contributed by atoms with Gasteiger partial charge in [0.25, 0.3) is 11.7 Å². The number of nitrogens with zero attached hydrogens (tertiary/aromatic N) is 1. The van der Waals surface area contributed by atoms with Gasteiger partial charge in [-0.15, -0.1) is 0 Å². The quantitative estimate of drug-likeness (QED) is 0.630. The Balaban J connectivity index is 1.67. The number of carbonyl (C=O) groups excluding carboxylic acids is 3. The molecule has 0 atom stereocenters. The van der Waals surface area contributed by atoms with Crippen LogP contribution in [0, 0.1) is 5.82 Å². The third kappa shape index (κ3) is 3.14. The number of ketones is 1. The first-order chi connectivity index (χ1) is 11.5. The lowest BCUT2D eigenvalue weighted by atomic mass is 10.1. The van der Waals surface area contributed by atoms with Crippen LogP contribution in [-0.4, -0.2) is 24.2 Å². The van der Waals surface area contributed by atoms with Crippen molar-refractivity contribution in [1.29, 1.82) is 0 Å². The number of ether oxygens (including phenoxy) is 1. The van der Waals surface area contributed by atoms with E-state index in [9.17, 15) is 18.8 Å². The van der Waals surface area contributed by atoms with E-state index in [-0.39, 0.29) is 24.5 Å². The zero-order chi connectivity index (χ0) is 17.3. The highest BCUT2D eigenvalue weighted by molar-refractivity contribution is 6.53. The molecule has 1 aliphatic rings. The fraction of sp³-hybridized carbons (Fsp3) is 0.118. The molecule has 0 aromatic heterocycles. The lowest BCUT2D eigenvalue weighted by Crippen LogP contribution is -2.35. The zero-order valence-electron chi connectivity index (χ0n) is 12.3. The van der Waals surface area contributed by atoms with Crippen LogP contribution < -0.4 is 4.90 Å². The smallest absolute Gasteiger partial charge is 0.326 e. The normalized spacial score (nSPS) is 13.2. The van der Waals surface area contributed by atoms with Gasteiger partial charge in [0.1, 0.15) is 19.0 Å². The number of esters is 1. The van der Waals surface area contributed by atoms with Gasteiger partial charge >= 0.3 is 5.97 Å². The molecule has 0 saturated carbocycles. The topological polar surface area (TPSA) is 63.7 Å². The Kier molecular flexibility index (Phi) is 4.31. The molecule has 0 unspecified atom stereocenters. The number of carbonyl (C=O) groups is 3. The van der Waals surface area contributed by atoms with Crippen LogP contribution in [0.4, 0.5) is 10.1 Å². The molecule has 0 N–H and O–H groups in total. The Morgan fingerprint density at radius 1 is 1.12 bits per heavy atom. The minimum atomic E-state index is -0.800. The molecule has 7 heteroatoms. The van der Waals surface area contributed by atoms with Gasteiger partial charge in [-0.05, 0) is 35.9 Å². The van der Waals surface area contributed by atoms with Crippen LogP contribution in [0.15, 0.2) is 42.5 Å². The van der Waals surface area contributed by atoms with Gasteiger partial charge in [-0.25, -0.2) is 4.39 Å². The maximum absolute atomic E-state index is 12.8. The summed E-state index contributed by atoms with van der Waals surface area (Å²) in [5.74, 6) is -2.57. The molecule has 1 amide bonds. The third-order valence-corrected chi connectivity index (χ3v) is 3.77. The molecule has 3 rings (SSSR count). The number of amides is 1. The van der Waals surface area contributed by atoms with Gasteiger partial charge in [-0.3, -0.25) is 19.3 Å². The van der Waals surface area contributed by atoms with E-state index in [0.717, 1.165) is 4.90 Å². The zero-order valence-corrected chi connectivity index (χ0v) is 13.0. The van der Waals surface area contributed by atoms with Gasteiger partial charge in [-0.2, -0.15) is 0 Å². The predicted octanol–water partition coefficient (Wildman–Crippen LogP) is 2.75. The summed E-state index contributed by atoms with van der Waals surface area (Å²) in [5.41, 5.74) is 1.10. The first-order valence-electron chi connectivity index (χ1n) is 7.01. The molecule has 0 aliphatic carbocycles. The van der Waals surface area contributed by atoms with Crippen LogP contribution >= 0.6 is 11.6 Å². The van der Waals surface area contributed by atoms with Crippen molar-refractivity contribution in [2.24, 2.45) is 0 Å². The Morgan fingerprint density at radius 3 is 2.54 bits per heavy atom. The number of anilines is 1. The Bertz CT molecular complexity index is 835. The van der Waals surface area contributed by atoms with Crippen molar-refractivity contribution in [2.75, 3.05) is 11.4 Å². The molecule has 122 valence electrons. The molecular formula is C17H11ClFNO4. The first-order valence-corrected chi connectivity index (χ1v) is 7.39. The number of benzene rings is 2. The van der Waals surface area contributed by atoms with Crippen LogP contribution in [0.1, 0.15) is 15.9 Å². The van der Waals surface area contributed by atoms with Crippen LogP contribution in [-0.2, 0) is 20.9 Å². The molecule has 2 aromatic rings. The number of Topliss-reactive ketones (excluding diaryl/α,β-unsaturated/α-hetero) is 1. The molecule has 5 nitrogen and oxygen atoms in total. The third-order valence-electron chi connectivity index (χ3n) is 3.53. The highest BCUT2D eigenvalue weighted by Gasteiger charge is 2.37.